The Labute approximate surface area is 119 Å². The van der Waals surface area contributed by atoms with Crippen LogP contribution < -0.4 is 0 Å². The van der Waals surface area contributed by atoms with Crippen LogP contribution in [0.2, 0.25) is 0 Å². The van der Waals surface area contributed by atoms with Crippen molar-refractivity contribution in [1.82, 2.24) is 0 Å². The number of hydrogen-bond acceptors (Lipinski definition) is 2. The van der Waals surface area contributed by atoms with Gasteiger partial charge in [-0.1, -0.05) is 36.3 Å². The number of nitrogens with zero attached hydrogens (tertiary/aromatic N) is 1. The number of hydrogen-bond donors (Lipinski definition) is 0. The first-order valence-electron chi connectivity index (χ1n) is 6.73. The maximum Gasteiger partial charge on any atom is 0.269 e. The van der Waals surface area contributed by atoms with Crippen molar-refractivity contribution in [2.75, 3.05) is 0 Å². The van der Waals surface area contributed by atoms with Crippen molar-refractivity contribution in [3.63, 3.8) is 0 Å². The maximum absolute atomic E-state index is 13.0. The minimum Gasteiger partial charge on any atom is -0.258 e. The summed E-state index contributed by atoms with van der Waals surface area (Å²) in [7, 11) is 0. The number of nitro groups is 1. The molecule has 0 heterocycles. The van der Waals surface area contributed by atoms with Crippen LogP contribution in [0.25, 0.3) is 0 Å². The highest BCUT2D eigenvalue weighted by molar-refractivity contribution is 5.29. The molecule has 20 heavy (non-hydrogen) atoms. The topological polar surface area (TPSA) is 43.1 Å². The van der Waals surface area contributed by atoms with E-state index >= 15 is 0 Å². The molecule has 0 saturated carbocycles. The molecule has 0 aromatic carbocycles. The average Bonchev–Trinajstić information content (AvgIpc) is 2.64. The normalized spacial score (nSPS) is 16.6. The standard InChI is InChI=1S/C16H20FNO2/c1-3-15(17)8-4-6-13(2)12-14-7-5-9-16(11-10-14)18(19)20/h5-6,8-11H,3-4,7,12H2,1-2H3/b13-6+,15-8+. The molecule has 0 amide bonds. The third-order valence-corrected chi connectivity index (χ3v) is 3.02. The van der Waals surface area contributed by atoms with Gasteiger partial charge in [-0.25, -0.2) is 4.39 Å². The predicted octanol–water partition coefficient (Wildman–Crippen LogP) is 5.02. The van der Waals surface area contributed by atoms with E-state index in [1.165, 1.54) is 12.2 Å². The number of rotatable bonds is 6. The smallest absolute Gasteiger partial charge is 0.258 e. The van der Waals surface area contributed by atoms with Crippen LogP contribution in [0.15, 0.2) is 59.1 Å². The van der Waals surface area contributed by atoms with E-state index in [-0.39, 0.29) is 11.5 Å². The quantitative estimate of drug-likeness (QED) is 0.388. The monoisotopic (exact) mass is 277 g/mol. The summed E-state index contributed by atoms with van der Waals surface area (Å²) in [6, 6.07) is 0. The van der Waals surface area contributed by atoms with Gasteiger partial charge in [0.1, 0.15) is 0 Å². The summed E-state index contributed by atoms with van der Waals surface area (Å²) < 4.78 is 13.0. The Kier molecular flexibility index (Phi) is 6.64. The first-order valence-corrected chi connectivity index (χ1v) is 6.73. The second-order valence-corrected chi connectivity index (χ2v) is 4.75. The molecule has 0 N–H and O–H groups in total. The summed E-state index contributed by atoms with van der Waals surface area (Å²) in [5.41, 5.74) is 2.36. The molecule has 1 rings (SSSR count). The van der Waals surface area contributed by atoms with E-state index in [0.717, 1.165) is 17.6 Å². The van der Waals surface area contributed by atoms with Gasteiger partial charge in [0.15, 0.2) is 0 Å². The molecular weight excluding hydrogens is 257 g/mol. The van der Waals surface area contributed by atoms with Crippen LogP contribution in [0.4, 0.5) is 4.39 Å². The molecule has 0 saturated heterocycles. The molecular formula is C16H20FNO2. The van der Waals surface area contributed by atoms with Crippen molar-refractivity contribution in [1.29, 1.82) is 0 Å². The van der Waals surface area contributed by atoms with Gasteiger partial charge in [0, 0.05) is 12.2 Å². The molecule has 0 aromatic heterocycles. The van der Waals surface area contributed by atoms with Crippen molar-refractivity contribution in [3.05, 3.63) is 69.2 Å². The van der Waals surface area contributed by atoms with Gasteiger partial charge in [0.2, 0.25) is 0 Å². The molecule has 0 unspecified atom stereocenters. The highest BCUT2D eigenvalue weighted by atomic mass is 19.1. The minimum atomic E-state index is -0.392. The van der Waals surface area contributed by atoms with Gasteiger partial charge in [0.05, 0.1) is 10.8 Å². The van der Waals surface area contributed by atoms with E-state index in [1.807, 2.05) is 13.0 Å². The molecule has 108 valence electrons. The predicted molar refractivity (Wildman–Crippen MR) is 79.4 cm³/mol. The summed E-state index contributed by atoms with van der Waals surface area (Å²) in [4.78, 5) is 10.3. The van der Waals surface area contributed by atoms with E-state index in [2.05, 4.69) is 0 Å². The maximum atomic E-state index is 13.0. The van der Waals surface area contributed by atoms with Crippen molar-refractivity contribution >= 4 is 0 Å². The van der Waals surface area contributed by atoms with E-state index in [4.69, 9.17) is 0 Å². The van der Waals surface area contributed by atoms with Crippen LogP contribution in [0.1, 0.15) is 39.5 Å². The highest BCUT2D eigenvalue weighted by Gasteiger charge is 2.07. The molecule has 0 aromatic rings. The Morgan fingerprint density at radius 1 is 1.45 bits per heavy atom. The second-order valence-electron chi connectivity index (χ2n) is 4.75. The lowest BCUT2D eigenvalue weighted by Gasteiger charge is -2.03. The van der Waals surface area contributed by atoms with E-state index in [9.17, 15) is 14.5 Å². The summed E-state index contributed by atoms with van der Waals surface area (Å²) in [6.07, 6.45) is 12.7. The summed E-state index contributed by atoms with van der Waals surface area (Å²) in [6.45, 7) is 3.77. The van der Waals surface area contributed by atoms with E-state index < -0.39 is 4.92 Å². The van der Waals surface area contributed by atoms with Crippen molar-refractivity contribution in [2.45, 2.75) is 39.5 Å². The molecule has 0 fully saturated rings. The van der Waals surface area contributed by atoms with Gasteiger partial charge in [0.25, 0.3) is 5.70 Å². The van der Waals surface area contributed by atoms with Crippen LogP contribution in [0.3, 0.4) is 0 Å². The van der Waals surface area contributed by atoms with Crippen molar-refractivity contribution in [2.24, 2.45) is 0 Å². The van der Waals surface area contributed by atoms with Crippen LogP contribution >= 0.6 is 0 Å². The Hall–Kier alpha value is -1.97. The van der Waals surface area contributed by atoms with Crippen molar-refractivity contribution in [3.8, 4) is 0 Å². The van der Waals surface area contributed by atoms with Crippen LogP contribution in [0, 0.1) is 10.1 Å². The highest BCUT2D eigenvalue weighted by Crippen LogP contribution is 2.19. The van der Waals surface area contributed by atoms with Crippen LogP contribution in [0.5, 0.6) is 0 Å². The summed E-state index contributed by atoms with van der Waals surface area (Å²) in [5.74, 6) is -0.0933. The third kappa shape index (κ3) is 5.78. The third-order valence-electron chi connectivity index (χ3n) is 3.02. The van der Waals surface area contributed by atoms with Crippen LogP contribution in [-0.4, -0.2) is 4.92 Å². The SMILES string of the molecule is CC/C(F)=C\C/C=C(\C)CC1=CC=C([N+](=O)[O-])C=CC1. The van der Waals surface area contributed by atoms with E-state index in [0.29, 0.717) is 19.3 Å². The molecule has 4 heteroatoms. The Balaban J connectivity index is 2.62. The van der Waals surface area contributed by atoms with Crippen molar-refractivity contribution < 1.29 is 9.31 Å². The zero-order chi connectivity index (χ0) is 15.0. The van der Waals surface area contributed by atoms with Crippen LogP contribution in [-0.2, 0) is 0 Å². The zero-order valence-corrected chi connectivity index (χ0v) is 11.9. The molecule has 1 aliphatic rings. The molecule has 0 aliphatic heterocycles. The Morgan fingerprint density at radius 2 is 2.20 bits per heavy atom. The fourth-order valence-corrected chi connectivity index (χ4v) is 1.87. The van der Waals surface area contributed by atoms with Gasteiger partial charge < -0.3 is 0 Å². The van der Waals surface area contributed by atoms with Gasteiger partial charge in [-0.15, -0.1) is 0 Å². The molecule has 3 nitrogen and oxygen atoms in total. The lowest BCUT2D eigenvalue weighted by molar-refractivity contribution is -0.419. The molecule has 0 radical (unpaired) electrons. The van der Waals surface area contributed by atoms with Gasteiger partial charge in [-0.05, 0) is 38.7 Å². The summed E-state index contributed by atoms with van der Waals surface area (Å²) >= 11 is 0. The van der Waals surface area contributed by atoms with Gasteiger partial charge in [-0.2, -0.15) is 0 Å². The lowest BCUT2D eigenvalue weighted by Crippen LogP contribution is -1.93. The second kappa shape index (κ2) is 8.25. The number of halogens is 1. The fraction of sp³-hybridized carbons (Fsp3) is 0.375. The van der Waals surface area contributed by atoms with E-state index in [1.54, 1.807) is 25.2 Å². The fourth-order valence-electron chi connectivity index (χ4n) is 1.87. The first kappa shape index (κ1) is 16.1. The lowest BCUT2D eigenvalue weighted by atomic mass is 10.0. The molecule has 0 bridgehead atoms. The average molecular weight is 277 g/mol. The Morgan fingerprint density at radius 3 is 2.85 bits per heavy atom. The zero-order valence-electron chi connectivity index (χ0n) is 11.9. The molecule has 0 atom stereocenters. The van der Waals surface area contributed by atoms with Gasteiger partial charge in [-0.3, -0.25) is 10.1 Å². The molecule has 0 spiro atoms. The summed E-state index contributed by atoms with van der Waals surface area (Å²) in [5, 5.41) is 10.7. The molecule has 1 aliphatic carbocycles. The minimum absolute atomic E-state index is 0.0933. The Bertz CT molecular complexity index is 511. The largest absolute Gasteiger partial charge is 0.269 e. The number of allylic oxidation sites excluding steroid dienone is 9. The van der Waals surface area contributed by atoms with Gasteiger partial charge >= 0.3 is 0 Å². The first-order chi connectivity index (χ1) is 9.52.